The Bertz CT molecular complexity index is 292. The van der Waals surface area contributed by atoms with Gasteiger partial charge in [0, 0.05) is 10.0 Å². The fourth-order valence-electron chi connectivity index (χ4n) is 1.49. The monoisotopic (exact) mass is 224 g/mol. The summed E-state index contributed by atoms with van der Waals surface area (Å²) in [5.74, 6) is 0. The molecule has 0 atom stereocenters. The fraction of sp³-hybridized carbons (Fsp3) is 0.833. The summed E-state index contributed by atoms with van der Waals surface area (Å²) in [5, 5.41) is 25.6. The van der Waals surface area contributed by atoms with E-state index in [0.29, 0.717) is 0 Å². The summed E-state index contributed by atoms with van der Waals surface area (Å²) < 4.78 is 0. The minimum atomic E-state index is -0.262. The van der Waals surface area contributed by atoms with Gasteiger partial charge in [0.05, 0.1) is 10.8 Å². The second-order valence-electron chi connectivity index (χ2n) is 5.38. The lowest BCUT2D eigenvalue weighted by atomic mass is 9.85. The van der Waals surface area contributed by atoms with Crippen LogP contribution >= 0.6 is 0 Å². The summed E-state index contributed by atoms with van der Waals surface area (Å²) in [6, 6.07) is 5.06. The molecular weight excluding hydrogens is 204 g/mol. The van der Waals surface area contributed by atoms with Crippen LogP contribution < -0.4 is 0 Å². The Hall–Kier alpha value is -1.42. The third kappa shape index (κ3) is 6.95. The van der Waals surface area contributed by atoms with Crippen molar-refractivity contribution in [2.45, 2.75) is 53.4 Å². The van der Waals surface area contributed by atoms with Gasteiger partial charge in [-0.25, -0.2) is 0 Å². The average molecular weight is 224 g/mol. The fourth-order valence-corrected chi connectivity index (χ4v) is 1.49. The molecule has 0 radical (unpaired) electrons. The predicted octanol–water partition coefficient (Wildman–Crippen LogP) is 4.26. The summed E-state index contributed by atoms with van der Waals surface area (Å²) in [6.07, 6.45) is 3.67. The molecule has 0 aromatic carbocycles. The van der Waals surface area contributed by atoms with Crippen LogP contribution in [0.2, 0.25) is 0 Å². The van der Waals surface area contributed by atoms with E-state index in [-0.39, 0.29) is 10.8 Å². The van der Waals surface area contributed by atoms with Gasteiger partial charge in [-0.3, -0.25) is 0 Å². The molecule has 90 valence electrons. The lowest BCUT2D eigenvalue weighted by molar-refractivity contribution is 0.383. The molecule has 0 aliphatic rings. The smallest absolute Gasteiger partial charge is 0.304 e. The van der Waals surface area contributed by atoms with Crippen molar-refractivity contribution < 1.29 is 0 Å². The Morgan fingerprint density at radius 3 is 1.38 bits per heavy atom. The van der Waals surface area contributed by atoms with Crippen molar-refractivity contribution in [1.82, 2.24) is 0 Å². The van der Waals surface area contributed by atoms with Crippen LogP contribution in [0.5, 0.6) is 0 Å². The van der Waals surface area contributed by atoms with Gasteiger partial charge in [0.1, 0.15) is 0 Å². The average Bonchev–Trinajstić information content (AvgIpc) is 2.12. The first-order valence-corrected chi connectivity index (χ1v) is 5.52. The van der Waals surface area contributed by atoms with Crippen LogP contribution in [-0.2, 0) is 0 Å². The Morgan fingerprint density at radius 2 is 1.12 bits per heavy atom. The first-order chi connectivity index (χ1) is 7.33. The third-order valence-electron chi connectivity index (χ3n) is 2.55. The lowest BCUT2D eigenvalue weighted by Gasteiger charge is -2.14. The molecule has 0 rings (SSSR count). The van der Waals surface area contributed by atoms with E-state index in [1.807, 2.05) is 27.7 Å². The van der Waals surface area contributed by atoms with Gasteiger partial charge in [-0.2, -0.15) is 0 Å². The maximum Gasteiger partial charge on any atom is 0.304 e. The maximum atomic E-state index is 10.1. The highest BCUT2D eigenvalue weighted by Gasteiger charge is 2.24. The second-order valence-corrected chi connectivity index (χ2v) is 5.38. The summed E-state index contributed by atoms with van der Waals surface area (Å²) >= 11 is 0. The molecule has 0 N–H and O–H groups in total. The highest BCUT2D eigenvalue weighted by molar-refractivity contribution is 5.02. The van der Waals surface area contributed by atoms with Gasteiger partial charge in [-0.05, 0) is 40.5 Å². The zero-order chi connectivity index (χ0) is 12.7. The quantitative estimate of drug-likeness (QED) is 0.517. The van der Waals surface area contributed by atoms with Gasteiger partial charge in [-0.15, -0.1) is 0 Å². The molecule has 0 saturated heterocycles. The van der Waals surface area contributed by atoms with Crippen LogP contribution in [0.3, 0.4) is 0 Å². The van der Waals surface area contributed by atoms with Crippen molar-refractivity contribution in [1.29, 1.82) is 0 Å². The van der Waals surface area contributed by atoms with Crippen molar-refractivity contribution >= 4 is 0 Å². The molecule has 0 aliphatic carbocycles. The third-order valence-corrected chi connectivity index (χ3v) is 2.55. The van der Waals surface area contributed by atoms with Crippen molar-refractivity contribution in [3.8, 4) is 12.1 Å². The molecule has 0 spiro atoms. The van der Waals surface area contributed by atoms with Crippen molar-refractivity contribution in [3.63, 3.8) is 0 Å². The standard InChI is InChI=1S/C12H20N2O2/c1-11(2,9-13-15)7-5-6-8-12(3,4)10-14-16/h5-8H2,1-4H3. The molecule has 0 unspecified atom stereocenters. The van der Waals surface area contributed by atoms with Gasteiger partial charge >= 0.3 is 12.1 Å². The van der Waals surface area contributed by atoms with E-state index in [0.717, 1.165) is 25.7 Å². The van der Waals surface area contributed by atoms with E-state index in [1.54, 1.807) is 0 Å². The van der Waals surface area contributed by atoms with Crippen LogP contribution in [0.1, 0.15) is 53.4 Å². The maximum absolute atomic E-state index is 10.1. The molecule has 0 aromatic heterocycles. The number of hydrogen-bond acceptors (Lipinski definition) is 2. The summed E-state index contributed by atoms with van der Waals surface area (Å²) in [7, 11) is 0. The zero-order valence-electron chi connectivity index (χ0n) is 10.5. The van der Waals surface area contributed by atoms with Crippen molar-refractivity contribution in [3.05, 3.63) is 20.4 Å². The lowest BCUT2D eigenvalue weighted by Crippen LogP contribution is -2.10. The predicted molar refractivity (Wildman–Crippen MR) is 67.3 cm³/mol. The SMILES string of the molecule is CC(C)(C#[N+][O-])CCCCC(C)(C)C#[N+][O-]. The van der Waals surface area contributed by atoms with Gasteiger partial charge in [0.15, 0.2) is 0 Å². The highest BCUT2D eigenvalue weighted by atomic mass is 16.4. The Morgan fingerprint density at radius 1 is 0.812 bits per heavy atom. The molecular formula is C12H20N2O2. The number of rotatable bonds is 5. The molecule has 4 heteroatoms. The molecule has 0 heterocycles. The molecule has 0 amide bonds. The van der Waals surface area contributed by atoms with Crippen LogP contribution in [0.15, 0.2) is 0 Å². The normalized spacial score (nSPS) is 11.0. The van der Waals surface area contributed by atoms with Crippen LogP contribution in [-0.4, -0.2) is 0 Å². The van der Waals surface area contributed by atoms with Gasteiger partial charge < -0.3 is 10.4 Å². The number of unbranched alkanes of at least 4 members (excludes halogenated alkanes) is 1. The number of hydrogen-bond donors (Lipinski definition) is 0. The Labute approximate surface area is 97.5 Å². The Kier molecular flexibility index (Phi) is 5.67. The first kappa shape index (κ1) is 14.6. The van der Waals surface area contributed by atoms with Crippen LogP contribution in [0.4, 0.5) is 0 Å². The minimum Gasteiger partial charge on any atom is -0.498 e. The molecule has 16 heavy (non-hydrogen) atoms. The first-order valence-electron chi connectivity index (χ1n) is 5.52. The number of nitrogens with zero attached hydrogens (tertiary/aromatic N) is 2. The van der Waals surface area contributed by atoms with Gasteiger partial charge in [-0.1, -0.05) is 12.8 Å². The molecule has 0 fully saturated rings. The molecule has 4 nitrogen and oxygen atoms in total. The highest BCUT2D eigenvalue weighted by Crippen LogP contribution is 2.27. The van der Waals surface area contributed by atoms with E-state index in [9.17, 15) is 10.4 Å². The molecule has 0 saturated carbocycles. The van der Waals surface area contributed by atoms with E-state index in [2.05, 4.69) is 22.2 Å². The van der Waals surface area contributed by atoms with Crippen molar-refractivity contribution in [2.24, 2.45) is 10.8 Å². The summed E-state index contributed by atoms with van der Waals surface area (Å²) in [6.45, 7) is 7.74. The molecule has 0 aliphatic heterocycles. The van der Waals surface area contributed by atoms with Crippen molar-refractivity contribution in [2.75, 3.05) is 0 Å². The van der Waals surface area contributed by atoms with Gasteiger partial charge in [0.25, 0.3) is 0 Å². The van der Waals surface area contributed by atoms with E-state index in [4.69, 9.17) is 0 Å². The van der Waals surface area contributed by atoms with E-state index >= 15 is 0 Å². The summed E-state index contributed by atoms with van der Waals surface area (Å²) in [5.41, 5.74) is -0.523. The largest absolute Gasteiger partial charge is 0.498 e. The molecule has 0 aromatic rings. The van der Waals surface area contributed by atoms with Crippen LogP contribution in [0, 0.1) is 33.4 Å². The van der Waals surface area contributed by atoms with E-state index < -0.39 is 0 Å². The summed E-state index contributed by atoms with van der Waals surface area (Å²) in [4.78, 5) is 0. The Balaban J connectivity index is 3.90. The van der Waals surface area contributed by atoms with E-state index in [1.165, 1.54) is 0 Å². The molecule has 0 bridgehead atoms. The van der Waals surface area contributed by atoms with Gasteiger partial charge in [0.2, 0.25) is 0 Å². The van der Waals surface area contributed by atoms with Crippen LogP contribution in [0.25, 0.3) is 10.0 Å². The zero-order valence-corrected chi connectivity index (χ0v) is 10.5. The topological polar surface area (TPSA) is 54.8 Å². The second kappa shape index (κ2) is 6.23. The minimum absolute atomic E-state index is 0.262.